The minimum atomic E-state index is 0.200. The average molecular weight is 254 g/mol. The van der Waals surface area contributed by atoms with Crippen LogP contribution in [0.25, 0.3) is 0 Å². The van der Waals surface area contributed by atoms with Crippen molar-refractivity contribution in [3.05, 3.63) is 29.8 Å². The van der Waals surface area contributed by atoms with E-state index in [1.807, 2.05) is 11.8 Å². The van der Waals surface area contributed by atoms with Gasteiger partial charge >= 0.3 is 0 Å². The number of aryl methyl sites for hydroxylation is 1. The third-order valence-electron chi connectivity index (χ3n) is 2.44. The number of thioether (sulfide) groups is 1. The highest BCUT2D eigenvalue weighted by Gasteiger charge is 2.08. The molecule has 1 rings (SSSR count). The average Bonchev–Trinajstić information content (AvgIpc) is 2.35. The molecular formula is C13H22N2OS. The SMILES string of the molecule is CCCOCC(CSc1ccccc1C)NN. The van der Waals surface area contributed by atoms with Gasteiger partial charge in [-0.1, -0.05) is 25.1 Å². The molecule has 0 radical (unpaired) electrons. The lowest BCUT2D eigenvalue weighted by atomic mass is 10.2. The van der Waals surface area contributed by atoms with Crippen LogP contribution in [0.5, 0.6) is 0 Å². The van der Waals surface area contributed by atoms with Gasteiger partial charge in [0.25, 0.3) is 0 Å². The fourth-order valence-electron chi connectivity index (χ4n) is 1.42. The van der Waals surface area contributed by atoms with Gasteiger partial charge in [-0.15, -0.1) is 11.8 Å². The van der Waals surface area contributed by atoms with Crippen molar-refractivity contribution in [1.82, 2.24) is 5.43 Å². The maximum Gasteiger partial charge on any atom is 0.0641 e. The van der Waals surface area contributed by atoms with Crippen LogP contribution in [0.2, 0.25) is 0 Å². The Kier molecular flexibility index (Phi) is 7.28. The Morgan fingerprint density at radius 2 is 2.18 bits per heavy atom. The van der Waals surface area contributed by atoms with Crippen LogP contribution in [-0.2, 0) is 4.74 Å². The summed E-state index contributed by atoms with van der Waals surface area (Å²) in [6.07, 6.45) is 1.04. The number of hydrogen-bond donors (Lipinski definition) is 2. The molecule has 3 nitrogen and oxygen atoms in total. The Labute approximate surface area is 108 Å². The quantitative estimate of drug-likeness (QED) is 0.323. The van der Waals surface area contributed by atoms with Gasteiger partial charge in [-0.2, -0.15) is 0 Å². The van der Waals surface area contributed by atoms with Crippen LogP contribution in [0.1, 0.15) is 18.9 Å². The van der Waals surface area contributed by atoms with Crippen molar-refractivity contribution in [1.29, 1.82) is 0 Å². The normalized spacial score (nSPS) is 12.6. The van der Waals surface area contributed by atoms with Crippen molar-refractivity contribution in [3.63, 3.8) is 0 Å². The highest BCUT2D eigenvalue weighted by atomic mass is 32.2. The van der Waals surface area contributed by atoms with E-state index in [0.29, 0.717) is 6.61 Å². The molecule has 0 aliphatic carbocycles. The summed E-state index contributed by atoms with van der Waals surface area (Å²) < 4.78 is 5.50. The van der Waals surface area contributed by atoms with Crippen molar-refractivity contribution in [2.45, 2.75) is 31.2 Å². The van der Waals surface area contributed by atoms with Crippen molar-refractivity contribution >= 4 is 11.8 Å². The van der Waals surface area contributed by atoms with E-state index in [1.165, 1.54) is 10.5 Å². The summed E-state index contributed by atoms with van der Waals surface area (Å²) >= 11 is 1.82. The molecule has 0 aliphatic heterocycles. The first-order valence-electron chi connectivity index (χ1n) is 6.00. The zero-order chi connectivity index (χ0) is 12.5. The van der Waals surface area contributed by atoms with Gasteiger partial charge < -0.3 is 4.74 Å². The largest absolute Gasteiger partial charge is 0.380 e. The van der Waals surface area contributed by atoms with Crippen molar-refractivity contribution in [3.8, 4) is 0 Å². The van der Waals surface area contributed by atoms with Gasteiger partial charge in [-0.05, 0) is 25.0 Å². The van der Waals surface area contributed by atoms with Crippen molar-refractivity contribution < 1.29 is 4.74 Å². The number of ether oxygens (including phenoxy) is 1. The van der Waals surface area contributed by atoms with Crippen LogP contribution in [-0.4, -0.2) is 25.0 Å². The zero-order valence-corrected chi connectivity index (χ0v) is 11.4. The first kappa shape index (κ1) is 14.5. The molecule has 0 heterocycles. The first-order chi connectivity index (χ1) is 8.27. The van der Waals surface area contributed by atoms with Crippen LogP contribution in [0.4, 0.5) is 0 Å². The number of hydrogen-bond acceptors (Lipinski definition) is 4. The van der Waals surface area contributed by atoms with E-state index >= 15 is 0 Å². The van der Waals surface area contributed by atoms with Crippen LogP contribution < -0.4 is 11.3 Å². The Bertz CT molecular complexity index is 320. The summed E-state index contributed by atoms with van der Waals surface area (Å²) in [6.45, 7) is 5.70. The van der Waals surface area contributed by atoms with Crippen LogP contribution in [0.3, 0.4) is 0 Å². The second-order valence-corrected chi connectivity index (χ2v) is 5.08. The third-order valence-corrected chi connectivity index (χ3v) is 3.77. The number of benzene rings is 1. The van der Waals surface area contributed by atoms with Crippen LogP contribution in [0.15, 0.2) is 29.2 Å². The molecule has 96 valence electrons. The van der Waals surface area contributed by atoms with E-state index in [4.69, 9.17) is 10.6 Å². The smallest absolute Gasteiger partial charge is 0.0641 e. The molecule has 0 saturated carbocycles. The Balaban J connectivity index is 2.34. The molecular weight excluding hydrogens is 232 g/mol. The summed E-state index contributed by atoms with van der Waals surface area (Å²) in [4.78, 5) is 1.31. The van der Waals surface area contributed by atoms with Gasteiger partial charge in [-0.3, -0.25) is 11.3 Å². The number of hydrazine groups is 1. The summed E-state index contributed by atoms with van der Waals surface area (Å²) in [5, 5.41) is 0. The number of rotatable bonds is 8. The van der Waals surface area contributed by atoms with Crippen molar-refractivity contribution in [2.24, 2.45) is 5.84 Å². The van der Waals surface area contributed by atoms with Gasteiger partial charge in [0.2, 0.25) is 0 Å². The second-order valence-electron chi connectivity index (χ2n) is 4.02. The number of nitrogens with one attached hydrogen (secondary N) is 1. The molecule has 0 fully saturated rings. The van der Waals surface area contributed by atoms with E-state index in [-0.39, 0.29) is 6.04 Å². The predicted octanol–water partition coefficient (Wildman–Crippen LogP) is 2.35. The van der Waals surface area contributed by atoms with E-state index in [0.717, 1.165) is 18.8 Å². The highest BCUT2D eigenvalue weighted by molar-refractivity contribution is 7.99. The predicted molar refractivity (Wildman–Crippen MR) is 74.1 cm³/mol. The van der Waals surface area contributed by atoms with Crippen molar-refractivity contribution in [2.75, 3.05) is 19.0 Å². The molecule has 0 spiro atoms. The second kappa shape index (κ2) is 8.53. The fourth-order valence-corrected chi connectivity index (χ4v) is 2.47. The topological polar surface area (TPSA) is 47.3 Å². The number of nitrogens with two attached hydrogens (primary N) is 1. The lowest BCUT2D eigenvalue weighted by molar-refractivity contribution is 0.117. The summed E-state index contributed by atoms with van der Waals surface area (Å²) in [5.41, 5.74) is 4.11. The van der Waals surface area contributed by atoms with Crippen LogP contribution in [0, 0.1) is 6.92 Å². The van der Waals surface area contributed by atoms with Gasteiger partial charge in [0.15, 0.2) is 0 Å². The molecule has 0 amide bonds. The minimum Gasteiger partial charge on any atom is -0.380 e. The fraction of sp³-hybridized carbons (Fsp3) is 0.538. The van der Waals surface area contributed by atoms with Crippen LogP contribution >= 0.6 is 11.8 Å². The maximum absolute atomic E-state index is 5.51. The van der Waals surface area contributed by atoms with E-state index in [9.17, 15) is 0 Å². The van der Waals surface area contributed by atoms with E-state index in [2.05, 4.69) is 43.5 Å². The Hall–Kier alpha value is -0.550. The molecule has 0 aromatic heterocycles. The lowest BCUT2D eigenvalue weighted by Gasteiger charge is -2.16. The van der Waals surface area contributed by atoms with E-state index < -0.39 is 0 Å². The summed E-state index contributed by atoms with van der Waals surface area (Å²) in [7, 11) is 0. The maximum atomic E-state index is 5.51. The molecule has 0 aliphatic rings. The standard InChI is InChI=1S/C13H22N2OS/c1-3-8-16-9-12(15-14)10-17-13-7-5-4-6-11(13)2/h4-7,12,15H,3,8-10,14H2,1-2H3. The molecule has 0 saturated heterocycles. The van der Waals surface area contributed by atoms with Gasteiger partial charge in [-0.25, -0.2) is 0 Å². The van der Waals surface area contributed by atoms with Gasteiger partial charge in [0.1, 0.15) is 0 Å². The molecule has 4 heteroatoms. The molecule has 0 bridgehead atoms. The first-order valence-corrected chi connectivity index (χ1v) is 6.98. The summed E-state index contributed by atoms with van der Waals surface area (Å²) in [6, 6.07) is 8.59. The van der Waals surface area contributed by atoms with Gasteiger partial charge in [0, 0.05) is 17.3 Å². The minimum absolute atomic E-state index is 0.200. The monoisotopic (exact) mass is 254 g/mol. The molecule has 1 aromatic carbocycles. The van der Waals surface area contributed by atoms with E-state index in [1.54, 1.807) is 0 Å². The molecule has 1 atom stereocenters. The molecule has 17 heavy (non-hydrogen) atoms. The summed E-state index contributed by atoms with van der Waals surface area (Å²) in [5.74, 6) is 6.44. The van der Waals surface area contributed by atoms with Gasteiger partial charge in [0.05, 0.1) is 12.6 Å². The Morgan fingerprint density at radius 3 is 2.82 bits per heavy atom. The molecule has 1 unspecified atom stereocenters. The highest BCUT2D eigenvalue weighted by Crippen LogP contribution is 2.22. The lowest BCUT2D eigenvalue weighted by Crippen LogP contribution is -2.40. The molecule has 1 aromatic rings. The molecule has 3 N–H and O–H groups in total. The zero-order valence-electron chi connectivity index (χ0n) is 10.6. The third kappa shape index (κ3) is 5.55. The Morgan fingerprint density at radius 1 is 1.41 bits per heavy atom.